The van der Waals surface area contributed by atoms with Gasteiger partial charge in [-0.25, -0.2) is 14.5 Å². The third kappa shape index (κ3) is 4.38. The summed E-state index contributed by atoms with van der Waals surface area (Å²) < 4.78 is 14.8. The van der Waals surface area contributed by atoms with E-state index in [0.717, 1.165) is 24.5 Å². The van der Waals surface area contributed by atoms with Gasteiger partial charge in [-0.15, -0.1) is 5.92 Å². The van der Waals surface area contributed by atoms with Crippen LogP contribution in [0.15, 0.2) is 59.5 Å². The third-order valence-electron chi connectivity index (χ3n) is 7.36. The fourth-order valence-electron chi connectivity index (χ4n) is 5.46. The van der Waals surface area contributed by atoms with Crippen molar-refractivity contribution in [3.8, 4) is 17.9 Å². The third-order valence-corrected chi connectivity index (χ3v) is 7.36. The van der Waals surface area contributed by atoms with Crippen LogP contribution in [-0.2, 0) is 6.42 Å². The average molecular weight is 519 g/mol. The van der Waals surface area contributed by atoms with Gasteiger partial charge in [0.15, 0.2) is 0 Å². The Bertz CT molecular complexity index is 1780. The van der Waals surface area contributed by atoms with Gasteiger partial charge in [-0.05, 0) is 55.0 Å². The van der Waals surface area contributed by atoms with Crippen LogP contribution in [0.4, 0.5) is 10.2 Å². The maximum absolute atomic E-state index is 14.8. The molecule has 192 valence electrons. The zero-order chi connectivity index (χ0) is 27.1. The molecule has 0 saturated carbocycles. The molecule has 8 nitrogen and oxygen atoms in total. The minimum Gasteiger partial charge on any atom is -0.355 e. The van der Waals surface area contributed by atoms with Gasteiger partial charge in [0.25, 0.3) is 11.5 Å². The Morgan fingerprint density at radius 1 is 1.08 bits per heavy atom. The molecule has 2 aromatic heterocycles. The van der Waals surface area contributed by atoms with Crippen molar-refractivity contribution in [3.63, 3.8) is 0 Å². The number of aromatic nitrogens is 3. The van der Waals surface area contributed by atoms with Gasteiger partial charge < -0.3 is 9.80 Å². The van der Waals surface area contributed by atoms with Gasteiger partial charge >= 0.3 is 0 Å². The van der Waals surface area contributed by atoms with Crippen LogP contribution < -0.4 is 10.5 Å². The molecule has 1 amide bonds. The van der Waals surface area contributed by atoms with Crippen molar-refractivity contribution in [1.82, 2.24) is 20.1 Å². The first kappa shape index (κ1) is 24.3. The minimum absolute atomic E-state index is 0.0167. The van der Waals surface area contributed by atoms with Gasteiger partial charge in [0, 0.05) is 55.2 Å². The van der Waals surface area contributed by atoms with E-state index >= 15 is 0 Å². The quantitative estimate of drug-likeness (QED) is 0.416. The number of anilines is 1. The Kier molecular flexibility index (Phi) is 5.85. The van der Waals surface area contributed by atoms with Gasteiger partial charge in [0.2, 0.25) is 0 Å². The summed E-state index contributed by atoms with van der Waals surface area (Å²) in [5.41, 5.74) is 2.32. The molecule has 4 heterocycles. The van der Waals surface area contributed by atoms with Crippen molar-refractivity contribution in [2.24, 2.45) is 5.41 Å². The number of nitrogens with one attached hydrogen (secondary N) is 1. The highest BCUT2D eigenvalue weighted by atomic mass is 19.1. The van der Waals surface area contributed by atoms with Crippen LogP contribution in [-0.4, -0.2) is 52.2 Å². The predicted octanol–water partition coefficient (Wildman–Crippen LogP) is 3.25. The molecule has 4 aromatic rings. The number of benzene rings is 2. The molecule has 2 aromatic carbocycles. The van der Waals surface area contributed by atoms with Crippen LogP contribution in [0.2, 0.25) is 0 Å². The molecule has 1 N–H and O–H groups in total. The molecular formula is C30H23FN6O2. The monoisotopic (exact) mass is 518 g/mol. The maximum atomic E-state index is 14.8. The largest absolute Gasteiger partial charge is 0.355 e. The van der Waals surface area contributed by atoms with Crippen LogP contribution in [0.5, 0.6) is 0 Å². The zero-order valence-corrected chi connectivity index (χ0v) is 21.2. The summed E-state index contributed by atoms with van der Waals surface area (Å²) in [6.45, 7) is 4.36. The summed E-state index contributed by atoms with van der Waals surface area (Å²) in [5, 5.41) is 16.9. The summed E-state index contributed by atoms with van der Waals surface area (Å²) in [4.78, 5) is 33.6. The molecular weight excluding hydrogens is 495 g/mol. The van der Waals surface area contributed by atoms with Crippen LogP contribution in [0.3, 0.4) is 0 Å². The molecule has 0 radical (unpaired) electrons. The summed E-state index contributed by atoms with van der Waals surface area (Å²) >= 11 is 0. The van der Waals surface area contributed by atoms with Crippen LogP contribution in [0.1, 0.15) is 39.7 Å². The number of H-pyrrole nitrogens is 1. The molecule has 0 unspecified atom stereocenters. The fourth-order valence-corrected chi connectivity index (χ4v) is 5.46. The number of likely N-dealkylation sites (tertiary alicyclic amines) is 1. The number of hydrogen-bond acceptors (Lipinski definition) is 6. The molecule has 2 fully saturated rings. The van der Waals surface area contributed by atoms with E-state index in [4.69, 9.17) is 5.26 Å². The molecule has 0 atom stereocenters. The number of hydrogen-bond donors (Lipinski definition) is 1. The lowest BCUT2D eigenvalue weighted by Gasteiger charge is -2.60. The van der Waals surface area contributed by atoms with Crippen LogP contribution >= 0.6 is 0 Å². The molecule has 2 aliphatic rings. The van der Waals surface area contributed by atoms with E-state index in [1.807, 2.05) is 12.1 Å². The Morgan fingerprint density at radius 3 is 2.59 bits per heavy atom. The fraction of sp³-hybridized carbons (Fsp3) is 0.233. The molecule has 6 rings (SSSR count). The summed E-state index contributed by atoms with van der Waals surface area (Å²) in [6, 6.07) is 15.5. The van der Waals surface area contributed by atoms with Crippen molar-refractivity contribution in [1.29, 1.82) is 5.26 Å². The van der Waals surface area contributed by atoms with Crippen LogP contribution in [0.25, 0.3) is 10.8 Å². The minimum atomic E-state index is -0.568. The number of carbonyl (C=O) groups excluding carboxylic acids is 1. The second-order valence-electron chi connectivity index (χ2n) is 10.2. The first-order valence-electron chi connectivity index (χ1n) is 12.5. The number of amides is 1. The Balaban J connectivity index is 1.17. The second-order valence-corrected chi connectivity index (χ2v) is 10.2. The van der Waals surface area contributed by atoms with Gasteiger partial charge in [-0.3, -0.25) is 9.59 Å². The summed E-state index contributed by atoms with van der Waals surface area (Å²) in [7, 11) is 0. The molecule has 9 heteroatoms. The highest BCUT2D eigenvalue weighted by Gasteiger charge is 2.53. The number of rotatable bonds is 4. The first-order chi connectivity index (χ1) is 18.9. The van der Waals surface area contributed by atoms with E-state index in [-0.39, 0.29) is 22.4 Å². The summed E-state index contributed by atoms with van der Waals surface area (Å²) in [6.07, 6.45) is 1.86. The Hall–Kier alpha value is -5.02. The lowest BCUT2D eigenvalue weighted by atomic mass is 9.72. The standard InChI is InChI=1S/C30H23FN6O2/c1-2-3-19-4-7-22-23(10-19)26(34-35-28(22)38)12-20-5-8-25(31)24(11-20)29(39)37-17-30(18-37)15-36(16-30)27-9-6-21(13-32)14-33-27/h4-11,14H,12,15-18H2,1H3,(H,35,38). The molecule has 2 saturated heterocycles. The van der Waals surface area contributed by atoms with Crippen LogP contribution in [0, 0.1) is 34.4 Å². The smallest absolute Gasteiger partial charge is 0.272 e. The highest BCUT2D eigenvalue weighted by molar-refractivity contribution is 5.95. The van der Waals surface area contributed by atoms with Crippen molar-refractivity contribution >= 4 is 22.5 Å². The number of aromatic amines is 1. The predicted molar refractivity (Wildman–Crippen MR) is 144 cm³/mol. The van der Waals surface area contributed by atoms with E-state index in [1.54, 1.807) is 48.4 Å². The average Bonchev–Trinajstić information content (AvgIpc) is 2.90. The van der Waals surface area contributed by atoms with E-state index in [9.17, 15) is 14.0 Å². The van der Waals surface area contributed by atoms with Gasteiger partial charge in [-0.2, -0.15) is 10.4 Å². The van der Waals surface area contributed by atoms with Crippen molar-refractivity contribution in [3.05, 3.63) is 98.8 Å². The molecule has 2 aliphatic heterocycles. The number of pyridine rings is 1. The lowest BCUT2D eigenvalue weighted by Crippen LogP contribution is -2.73. The number of carbonyl (C=O) groups is 1. The van der Waals surface area contributed by atoms with Gasteiger partial charge in [0.1, 0.15) is 17.7 Å². The Labute approximate surface area is 223 Å². The van der Waals surface area contributed by atoms with E-state index < -0.39 is 5.82 Å². The second kappa shape index (κ2) is 9.38. The number of nitrogens with zero attached hydrogens (tertiary/aromatic N) is 5. The van der Waals surface area contributed by atoms with Gasteiger partial charge in [0.05, 0.1) is 22.2 Å². The summed E-state index contributed by atoms with van der Waals surface area (Å²) in [5.74, 6) is 5.74. The molecule has 0 aliphatic carbocycles. The number of halogens is 1. The molecule has 1 spiro atoms. The van der Waals surface area contributed by atoms with E-state index in [2.05, 4.69) is 38.0 Å². The van der Waals surface area contributed by atoms with Crippen molar-refractivity contribution < 1.29 is 9.18 Å². The van der Waals surface area contributed by atoms with E-state index in [0.29, 0.717) is 47.1 Å². The van der Waals surface area contributed by atoms with E-state index in [1.165, 1.54) is 6.07 Å². The number of fused-ring (bicyclic) bond motifs is 1. The SMILES string of the molecule is CC#Cc1ccc2c(=O)[nH]nc(Cc3ccc(F)c(C(=O)N4CC5(C4)CN(c4ccc(C#N)cn4)C5)c3)c2c1. The maximum Gasteiger partial charge on any atom is 0.272 e. The normalized spacial score (nSPS) is 15.2. The lowest BCUT2D eigenvalue weighted by molar-refractivity contribution is -0.0110. The Morgan fingerprint density at radius 2 is 1.87 bits per heavy atom. The van der Waals surface area contributed by atoms with Crippen molar-refractivity contribution in [2.45, 2.75) is 13.3 Å². The topological polar surface area (TPSA) is 106 Å². The molecule has 0 bridgehead atoms. The van der Waals surface area contributed by atoms with Gasteiger partial charge in [-0.1, -0.05) is 12.0 Å². The first-order valence-corrected chi connectivity index (χ1v) is 12.5. The highest BCUT2D eigenvalue weighted by Crippen LogP contribution is 2.42. The zero-order valence-electron chi connectivity index (χ0n) is 21.2. The number of nitriles is 1. The molecule has 39 heavy (non-hydrogen) atoms. The van der Waals surface area contributed by atoms with Crippen molar-refractivity contribution in [2.75, 3.05) is 31.1 Å².